The van der Waals surface area contributed by atoms with Crippen LogP contribution in [0.4, 0.5) is 0 Å². The second-order valence-electron chi connectivity index (χ2n) is 5.87. The Bertz CT molecular complexity index is 883. The van der Waals surface area contributed by atoms with Crippen LogP contribution in [0.5, 0.6) is 11.5 Å². The molecule has 1 aromatic heterocycles. The molecule has 0 aliphatic carbocycles. The van der Waals surface area contributed by atoms with Crippen LogP contribution in [0.3, 0.4) is 0 Å². The molecule has 0 amide bonds. The Hall–Kier alpha value is -2.57. The smallest absolute Gasteiger partial charge is 0.231 e. The lowest BCUT2D eigenvalue weighted by Gasteiger charge is -2.16. The summed E-state index contributed by atoms with van der Waals surface area (Å²) in [4.78, 5) is 4.49. The summed E-state index contributed by atoms with van der Waals surface area (Å²) >= 11 is 6.25. The molecule has 2 aromatic carbocycles. The van der Waals surface area contributed by atoms with E-state index in [4.69, 9.17) is 31.3 Å². The van der Waals surface area contributed by atoms with E-state index >= 15 is 0 Å². The predicted molar refractivity (Wildman–Crippen MR) is 99.6 cm³/mol. The van der Waals surface area contributed by atoms with E-state index < -0.39 is 0 Å². The Morgan fingerprint density at radius 3 is 2.50 bits per heavy atom. The van der Waals surface area contributed by atoms with Gasteiger partial charge in [0.25, 0.3) is 0 Å². The molecule has 2 N–H and O–H groups in total. The maximum absolute atomic E-state index is 6.34. The molecule has 0 radical (unpaired) electrons. The van der Waals surface area contributed by atoms with Gasteiger partial charge in [-0.15, -0.1) is 0 Å². The van der Waals surface area contributed by atoms with E-state index in [1.54, 1.807) is 19.2 Å². The average Bonchev–Trinajstić information content (AvgIpc) is 3.17. The fraction of sp³-hybridized carbons (Fsp3) is 0.263. The van der Waals surface area contributed by atoms with Gasteiger partial charge < -0.3 is 19.7 Å². The number of hydrogen-bond acceptors (Lipinski definition) is 6. The molecular formula is C19H20ClN3O3. The van der Waals surface area contributed by atoms with Crippen LogP contribution >= 0.6 is 11.6 Å². The van der Waals surface area contributed by atoms with E-state index in [1.165, 1.54) is 7.11 Å². The zero-order valence-corrected chi connectivity index (χ0v) is 15.5. The number of nitrogens with two attached hydrogens (primary N) is 1. The summed E-state index contributed by atoms with van der Waals surface area (Å²) in [6.07, 6.45) is 0. The topological polar surface area (TPSA) is 83.4 Å². The zero-order valence-electron chi connectivity index (χ0n) is 14.8. The van der Waals surface area contributed by atoms with Gasteiger partial charge in [-0.3, -0.25) is 0 Å². The first-order chi connectivity index (χ1) is 12.5. The standard InChI is InChI=1S/C19H20ClN3O3/c1-11(16(21)12-7-5-4-6-8-12)19-22-18(23-26-19)13-9-14(20)17(25-3)15(10-13)24-2/h4-11,16H,21H2,1-3H3. The van der Waals surface area contributed by atoms with E-state index in [0.29, 0.717) is 33.8 Å². The molecule has 0 saturated heterocycles. The van der Waals surface area contributed by atoms with Gasteiger partial charge in [-0.05, 0) is 17.7 Å². The van der Waals surface area contributed by atoms with Crippen LogP contribution in [0, 0.1) is 0 Å². The maximum atomic E-state index is 6.34. The number of benzene rings is 2. The number of methoxy groups -OCH3 is 2. The first-order valence-corrected chi connectivity index (χ1v) is 8.49. The van der Waals surface area contributed by atoms with E-state index in [1.807, 2.05) is 37.3 Å². The van der Waals surface area contributed by atoms with Gasteiger partial charge in [0.2, 0.25) is 11.7 Å². The lowest BCUT2D eigenvalue weighted by molar-refractivity contribution is 0.343. The third kappa shape index (κ3) is 3.52. The van der Waals surface area contributed by atoms with Crippen molar-refractivity contribution in [3.8, 4) is 22.9 Å². The summed E-state index contributed by atoms with van der Waals surface area (Å²) in [5, 5.41) is 4.46. The van der Waals surface area contributed by atoms with Gasteiger partial charge in [-0.2, -0.15) is 4.98 Å². The summed E-state index contributed by atoms with van der Waals surface area (Å²) in [5.41, 5.74) is 8.02. The van der Waals surface area contributed by atoms with Crippen molar-refractivity contribution in [3.63, 3.8) is 0 Å². The Morgan fingerprint density at radius 1 is 1.12 bits per heavy atom. The second kappa shape index (κ2) is 7.76. The van der Waals surface area contributed by atoms with Crippen LogP contribution in [0.15, 0.2) is 47.0 Å². The van der Waals surface area contributed by atoms with E-state index in [0.717, 1.165) is 5.56 Å². The number of aromatic nitrogens is 2. The normalized spacial score (nSPS) is 13.3. The highest BCUT2D eigenvalue weighted by molar-refractivity contribution is 6.32. The number of halogens is 1. The van der Waals surface area contributed by atoms with Crippen LogP contribution in [0.25, 0.3) is 11.4 Å². The second-order valence-corrected chi connectivity index (χ2v) is 6.28. The van der Waals surface area contributed by atoms with Crippen molar-refractivity contribution < 1.29 is 14.0 Å². The first-order valence-electron chi connectivity index (χ1n) is 8.11. The fourth-order valence-corrected chi connectivity index (χ4v) is 2.99. The molecule has 2 atom stereocenters. The predicted octanol–water partition coefficient (Wildman–Crippen LogP) is 4.21. The van der Waals surface area contributed by atoms with Crippen LogP contribution in [0.1, 0.15) is 30.3 Å². The van der Waals surface area contributed by atoms with Crippen molar-refractivity contribution in [2.45, 2.75) is 18.9 Å². The highest BCUT2D eigenvalue weighted by Crippen LogP contribution is 2.39. The van der Waals surface area contributed by atoms with Crippen LogP contribution in [-0.4, -0.2) is 24.4 Å². The molecule has 136 valence electrons. The molecule has 1 heterocycles. The molecule has 7 heteroatoms. The van der Waals surface area contributed by atoms with E-state index in [9.17, 15) is 0 Å². The minimum atomic E-state index is -0.251. The van der Waals surface area contributed by atoms with Crippen molar-refractivity contribution >= 4 is 11.6 Å². The van der Waals surface area contributed by atoms with E-state index in [2.05, 4.69) is 10.1 Å². The Morgan fingerprint density at radius 2 is 1.85 bits per heavy atom. The molecule has 2 unspecified atom stereocenters. The Labute approximate surface area is 156 Å². The minimum absolute atomic E-state index is 0.144. The Balaban J connectivity index is 1.89. The van der Waals surface area contributed by atoms with Gasteiger partial charge in [-0.25, -0.2) is 0 Å². The summed E-state index contributed by atoms with van der Waals surface area (Å²) in [7, 11) is 3.07. The zero-order chi connectivity index (χ0) is 18.7. The third-order valence-electron chi connectivity index (χ3n) is 4.25. The lowest BCUT2D eigenvalue weighted by atomic mass is 9.95. The molecular weight excluding hydrogens is 354 g/mol. The maximum Gasteiger partial charge on any atom is 0.231 e. The van der Waals surface area contributed by atoms with Crippen LogP contribution in [-0.2, 0) is 0 Å². The minimum Gasteiger partial charge on any atom is -0.493 e. The van der Waals surface area contributed by atoms with Gasteiger partial charge in [0.15, 0.2) is 11.5 Å². The van der Waals surface area contributed by atoms with Crippen molar-refractivity contribution in [2.75, 3.05) is 14.2 Å². The average molecular weight is 374 g/mol. The molecule has 0 aliphatic heterocycles. The largest absolute Gasteiger partial charge is 0.493 e. The molecule has 0 bridgehead atoms. The highest BCUT2D eigenvalue weighted by Gasteiger charge is 2.23. The molecule has 0 saturated carbocycles. The number of hydrogen-bond donors (Lipinski definition) is 1. The molecule has 3 aromatic rings. The van der Waals surface area contributed by atoms with Crippen molar-refractivity contribution in [1.82, 2.24) is 10.1 Å². The number of ether oxygens (including phenoxy) is 2. The fourth-order valence-electron chi connectivity index (χ4n) is 2.70. The molecule has 0 spiro atoms. The third-order valence-corrected chi connectivity index (χ3v) is 4.53. The number of rotatable bonds is 6. The summed E-state index contributed by atoms with van der Waals surface area (Å²) in [6, 6.07) is 13.0. The molecule has 6 nitrogen and oxygen atoms in total. The number of nitrogens with zero attached hydrogens (tertiary/aromatic N) is 2. The lowest BCUT2D eigenvalue weighted by Crippen LogP contribution is -2.17. The van der Waals surface area contributed by atoms with Gasteiger partial charge in [0.1, 0.15) is 0 Å². The molecule has 0 aliphatic rings. The molecule has 3 rings (SSSR count). The first kappa shape index (κ1) is 18.2. The SMILES string of the molecule is COc1cc(-c2noc(C(C)C(N)c3ccccc3)n2)cc(Cl)c1OC. The van der Waals surface area contributed by atoms with Crippen molar-refractivity contribution in [3.05, 3.63) is 58.9 Å². The highest BCUT2D eigenvalue weighted by atomic mass is 35.5. The summed E-state index contributed by atoms with van der Waals surface area (Å²) in [5.74, 6) is 1.68. The molecule has 26 heavy (non-hydrogen) atoms. The monoisotopic (exact) mass is 373 g/mol. The Kier molecular flexibility index (Phi) is 5.44. The summed E-state index contributed by atoms with van der Waals surface area (Å²) in [6.45, 7) is 1.95. The quantitative estimate of drug-likeness (QED) is 0.696. The van der Waals surface area contributed by atoms with E-state index in [-0.39, 0.29) is 12.0 Å². The van der Waals surface area contributed by atoms with Crippen LogP contribution in [0.2, 0.25) is 5.02 Å². The van der Waals surface area contributed by atoms with Gasteiger partial charge in [0, 0.05) is 11.6 Å². The van der Waals surface area contributed by atoms with Crippen molar-refractivity contribution in [1.29, 1.82) is 0 Å². The molecule has 0 fully saturated rings. The van der Waals surface area contributed by atoms with Gasteiger partial charge in [-0.1, -0.05) is 54.0 Å². The van der Waals surface area contributed by atoms with Crippen molar-refractivity contribution in [2.24, 2.45) is 5.73 Å². The van der Waals surface area contributed by atoms with Gasteiger partial charge >= 0.3 is 0 Å². The van der Waals surface area contributed by atoms with Gasteiger partial charge in [0.05, 0.1) is 25.2 Å². The summed E-state index contributed by atoms with van der Waals surface area (Å²) < 4.78 is 16.0. The van der Waals surface area contributed by atoms with Crippen LogP contribution < -0.4 is 15.2 Å².